The van der Waals surface area contributed by atoms with Gasteiger partial charge >= 0.3 is 0 Å². The van der Waals surface area contributed by atoms with E-state index in [-0.39, 0.29) is 23.5 Å². The number of hydrogen-bond acceptors (Lipinski definition) is 5. The molecule has 0 saturated carbocycles. The summed E-state index contributed by atoms with van der Waals surface area (Å²) in [5.74, 6) is 0.771. The molecular weight excluding hydrogens is 356 g/mol. The van der Waals surface area contributed by atoms with Gasteiger partial charge in [-0.3, -0.25) is 4.79 Å². The number of carbonyl (C=O) groups is 1. The third-order valence-electron chi connectivity index (χ3n) is 3.27. The maximum absolute atomic E-state index is 12.0. The highest BCUT2D eigenvalue weighted by Crippen LogP contribution is 2.17. The van der Waals surface area contributed by atoms with Crippen molar-refractivity contribution in [2.24, 2.45) is 0 Å². The molecule has 1 amide bonds. The SMILES string of the molecule is COc1ccc(NC(=O)COc2ccc(S(=O)(=O)NC(C)C)cc2)cc1. The van der Waals surface area contributed by atoms with Gasteiger partial charge in [-0.05, 0) is 62.4 Å². The van der Waals surface area contributed by atoms with E-state index >= 15 is 0 Å². The number of amides is 1. The van der Waals surface area contributed by atoms with Gasteiger partial charge in [-0.25, -0.2) is 13.1 Å². The standard InChI is InChI=1S/C18H22N2O5S/c1-13(2)20-26(22,23)17-10-8-16(9-11-17)25-12-18(21)19-14-4-6-15(24-3)7-5-14/h4-11,13,20H,12H2,1-3H3,(H,19,21). The lowest BCUT2D eigenvalue weighted by Gasteiger charge is -2.11. The van der Waals surface area contributed by atoms with Crippen molar-refractivity contribution >= 4 is 21.6 Å². The van der Waals surface area contributed by atoms with Crippen LogP contribution in [0.1, 0.15) is 13.8 Å². The summed E-state index contributed by atoms with van der Waals surface area (Å²) in [6, 6.07) is 12.6. The van der Waals surface area contributed by atoms with E-state index in [0.29, 0.717) is 17.2 Å². The highest BCUT2D eigenvalue weighted by molar-refractivity contribution is 7.89. The van der Waals surface area contributed by atoms with Crippen molar-refractivity contribution in [3.05, 3.63) is 48.5 Å². The fourth-order valence-electron chi connectivity index (χ4n) is 2.11. The predicted octanol–water partition coefficient (Wildman–Crippen LogP) is 2.40. The first-order valence-corrected chi connectivity index (χ1v) is 9.47. The molecule has 2 aromatic rings. The molecule has 0 fully saturated rings. The van der Waals surface area contributed by atoms with Gasteiger partial charge in [-0.2, -0.15) is 0 Å². The second-order valence-electron chi connectivity index (χ2n) is 5.81. The summed E-state index contributed by atoms with van der Waals surface area (Å²) in [5, 5.41) is 2.70. The van der Waals surface area contributed by atoms with Crippen molar-refractivity contribution in [1.82, 2.24) is 4.72 Å². The van der Waals surface area contributed by atoms with E-state index in [9.17, 15) is 13.2 Å². The molecule has 0 heterocycles. The lowest BCUT2D eigenvalue weighted by atomic mass is 10.3. The Morgan fingerprint density at radius 3 is 2.12 bits per heavy atom. The molecule has 0 aliphatic heterocycles. The van der Waals surface area contributed by atoms with Gasteiger partial charge < -0.3 is 14.8 Å². The second kappa shape index (κ2) is 8.68. The van der Waals surface area contributed by atoms with Gasteiger partial charge in [0.1, 0.15) is 11.5 Å². The zero-order valence-corrected chi connectivity index (χ0v) is 15.7. The van der Waals surface area contributed by atoms with E-state index in [0.717, 1.165) is 0 Å². The molecule has 0 aliphatic rings. The largest absolute Gasteiger partial charge is 0.497 e. The summed E-state index contributed by atoms with van der Waals surface area (Å²) >= 11 is 0. The van der Waals surface area contributed by atoms with Crippen LogP contribution in [0.5, 0.6) is 11.5 Å². The summed E-state index contributed by atoms with van der Waals surface area (Å²) in [5.41, 5.74) is 0.626. The zero-order chi connectivity index (χ0) is 19.2. The van der Waals surface area contributed by atoms with E-state index in [2.05, 4.69) is 10.0 Å². The van der Waals surface area contributed by atoms with Gasteiger partial charge in [0.25, 0.3) is 5.91 Å². The summed E-state index contributed by atoms with van der Waals surface area (Å²) in [4.78, 5) is 12.1. The van der Waals surface area contributed by atoms with Crippen LogP contribution >= 0.6 is 0 Å². The first-order valence-electron chi connectivity index (χ1n) is 7.99. The molecule has 0 aromatic heterocycles. The van der Waals surface area contributed by atoms with Crippen LogP contribution < -0.4 is 19.5 Å². The van der Waals surface area contributed by atoms with Gasteiger partial charge in [-0.15, -0.1) is 0 Å². The zero-order valence-electron chi connectivity index (χ0n) is 14.9. The van der Waals surface area contributed by atoms with Crippen molar-refractivity contribution in [3.8, 4) is 11.5 Å². The Morgan fingerprint density at radius 1 is 1.00 bits per heavy atom. The number of methoxy groups -OCH3 is 1. The molecule has 7 nitrogen and oxygen atoms in total. The summed E-state index contributed by atoms with van der Waals surface area (Å²) in [6.45, 7) is 3.30. The van der Waals surface area contributed by atoms with E-state index in [4.69, 9.17) is 9.47 Å². The topological polar surface area (TPSA) is 93.7 Å². The Labute approximate surface area is 153 Å². The molecule has 26 heavy (non-hydrogen) atoms. The molecule has 2 rings (SSSR count). The van der Waals surface area contributed by atoms with Gasteiger partial charge in [0.05, 0.1) is 12.0 Å². The fourth-order valence-corrected chi connectivity index (χ4v) is 3.36. The Kier molecular flexibility index (Phi) is 6.59. The number of hydrogen-bond donors (Lipinski definition) is 2. The lowest BCUT2D eigenvalue weighted by molar-refractivity contribution is -0.118. The first kappa shape index (κ1) is 19.7. The van der Waals surface area contributed by atoms with Crippen LogP contribution in [0.4, 0.5) is 5.69 Å². The molecule has 140 valence electrons. The van der Waals surface area contributed by atoms with Crippen molar-refractivity contribution in [3.63, 3.8) is 0 Å². The van der Waals surface area contributed by atoms with Gasteiger partial charge in [0, 0.05) is 11.7 Å². The average Bonchev–Trinajstić information content (AvgIpc) is 2.60. The van der Waals surface area contributed by atoms with E-state index in [1.165, 1.54) is 24.3 Å². The molecule has 0 radical (unpaired) electrons. The van der Waals surface area contributed by atoms with Gasteiger partial charge in [-0.1, -0.05) is 0 Å². The molecule has 8 heteroatoms. The van der Waals surface area contributed by atoms with E-state index in [1.54, 1.807) is 45.2 Å². The van der Waals surface area contributed by atoms with E-state index in [1.807, 2.05) is 0 Å². The third kappa shape index (κ3) is 5.75. The predicted molar refractivity (Wildman–Crippen MR) is 99.0 cm³/mol. The van der Waals surface area contributed by atoms with Crippen LogP contribution in [0.15, 0.2) is 53.4 Å². The normalized spacial score (nSPS) is 11.2. The summed E-state index contributed by atoms with van der Waals surface area (Å²) in [7, 11) is -1.98. The maximum atomic E-state index is 12.0. The highest BCUT2D eigenvalue weighted by Gasteiger charge is 2.15. The minimum atomic E-state index is -3.55. The molecule has 0 saturated heterocycles. The number of rotatable bonds is 8. The summed E-state index contributed by atoms with van der Waals surface area (Å²) in [6.07, 6.45) is 0. The van der Waals surface area contributed by atoms with Crippen LogP contribution in [-0.2, 0) is 14.8 Å². The highest BCUT2D eigenvalue weighted by atomic mass is 32.2. The van der Waals surface area contributed by atoms with Crippen LogP contribution in [0.2, 0.25) is 0 Å². The molecular formula is C18H22N2O5S. The number of carbonyl (C=O) groups excluding carboxylic acids is 1. The smallest absolute Gasteiger partial charge is 0.262 e. The quantitative estimate of drug-likeness (QED) is 0.736. The van der Waals surface area contributed by atoms with Gasteiger partial charge in [0.2, 0.25) is 10.0 Å². The van der Waals surface area contributed by atoms with Crippen LogP contribution in [0, 0.1) is 0 Å². The fraction of sp³-hybridized carbons (Fsp3) is 0.278. The summed E-state index contributed by atoms with van der Waals surface area (Å²) < 4.78 is 37.0. The van der Waals surface area contributed by atoms with Crippen LogP contribution in [-0.4, -0.2) is 34.1 Å². The first-order chi connectivity index (χ1) is 12.3. The molecule has 2 N–H and O–H groups in total. The molecule has 0 atom stereocenters. The number of ether oxygens (including phenoxy) is 2. The number of nitrogens with one attached hydrogen (secondary N) is 2. The van der Waals surface area contributed by atoms with Crippen molar-refractivity contribution in [2.45, 2.75) is 24.8 Å². The third-order valence-corrected chi connectivity index (χ3v) is 4.94. The van der Waals surface area contributed by atoms with Crippen molar-refractivity contribution in [2.75, 3.05) is 19.0 Å². The van der Waals surface area contributed by atoms with Crippen molar-refractivity contribution < 1.29 is 22.7 Å². The molecule has 0 unspecified atom stereocenters. The monoisotopic (exact) mass is 378 g/mol. The molecule has 0 spiro atoms. The van der Waals surface area contributed by atoms with E-state index < -0.39 is 10.0 Å². The minimum absolute atomic E-state index is 0.140. The lowest BCUT2D eigenvalue weighted by Crippen LogP contribution is -2.30. The number of benzene rings is 2. The maximum Gasteiger partial charge on any atom is 0.262 e. The molecule has 0 aliphatic carbocycles. The van der Waals surface area contributed by atoms with Gasteiger partial charge in [0.15, 0.2) is 6.61 Å². The number of anilines is 1. The Hall–Kier alpha value is -2.58. The average molecular weight is 378 g/mol. The minimum Gasteiger partial charge on any atom is -0.497 e. The molecule has 2 aromatic carbocycles. The van der Waals surface area contributed by atoms with Crippen molar-refractivity contribution in [1.29, 1.82) is 0 Å². The van der Waals surface area contributed by atoms with Crippen LogP contribution in [0.3, 0.4) is 0 Å². The Bertz CT molecular complexity index is 831. The Morgan fingerprint density at radius 2 is 1.58 bits per heavy atom. The number of sulfonamides is 1. The molecule has 0 bridgehead atoms. The van der Waals surface area contributed by atoms with Crippen LogP contribution in [0.25, 0.3) is 0 Å². The Balaban J connectivity index is 1.89. The second-order valence-corrected chi connectivity index (χ2v) is 7.53.